The van der Waals surface area contributed by atoms with Gasteiger partial charge in [-0.25, -0.2) is 0 Å². The number of ether oxygens (including phenoxy) is 2. The van der Waals surface area contributed by atoms with Crippen LogP contribution in [0.2, 0.25) is 0 Å². The highest BCUT2D eigenvalue weighted by molar-refractivity contribution is 5.78. The van der Waals surface area contributed by atoms with E-state index in [-0.39, 0.29) is 18.6 Å². The van der Waals surface area contributed by atoms with E-state index >= 15 is 0 Å². The number of hydrogen-bond donors (Lipinski definition) is 0. The molecule has 4 nitrogen and oxygen atoms in total. The molecule has 0 aliphatic carbocycles. The van der Waals surface area contributed by atoms with Crippen LogP contribution in [0.5, 0.6) is 11.5 Å². The summed E-state index contributed by atoms with van der Waals surface area (Å²) in [5.74, 6) is 1.52. The van der Waals surface area contributed by atoms with Crippen molar-refractivity contribution in [2.75, 3.05) is 20.3 Å². The number of amides is 1. The first-order valence-electron chi connectivity index (χ1n) is 8.36. The van der Waals surface area contributed by atoms with Crippen molar-refractivity contribution < 1.29 is 14.3 Å². The molecule has 1 amide bonds. The van der Waals surface area contributed by atoms with E-state index in [1.807, 2.05) is 47.4 Å². The minimum Gasteiger partial charge on any atom is -0.497 e. The number of methoxy groups -OCH3 is 1. The maximum absolute atomic E-state index is 12.5. The van der Waals surface area contributed by atoms with Crippen LogP contribution in [-0.2, 0) is 11.2 Å². The molecule has 0 spiro atoms. The molecule has 24 heavy (non-hydrogen) atoms. The number of hydrogen-bond acceptors (Lipinski definition) is 3. The van der Waals surface area contributed by atoms with Crippen molar-refractivity contribution in [2.24, 2.45) is 0 Å². The van der Waals surface area contributed by atoms with Gasteiger partial charge in [-0.05, 0) is 49.1 Å². The molecule has 2 aromatic rings. The molecule has 1 atom stereocenters. The number of nitrogens with zero attached hydrogens (tertiary/aromatic N) is 1. The molecule has 1 fully saturated rings. The first-order valence-corrected chi connectivity index (χ1v) is 8.36. The largest absolute Gasteiger partial charge is 0.497 e. The van der Waals surface area contributed by atoms with Gasteiger partial charge in [0.25, 0.3) is 5.91 Å². The van der Waals surface area contributed by atoms with Crippen LogP contribution in [-0.4, -0.2) is 37.1 Å². The number of benzene rings is 2. The van der Waals surface area contributed by atoms with Crippen LogP contribution in [0.25, 0.3) is 0 Å². The predicted molar refractivity (Wildman–Crippen MR) is 93.4 cm³/mol. The van der Waals surface area contributed by atoms with E-state index in [0.717, 1.165) is 31.6 Å². The third-order valence-corrected chi connectivity index (χ3v) is 4.43. The lowest BCUT2D eigenvalue weighted by Crippen LogP contribution is -2.39. The second-order valence-corrected chi connectivity index (χ2v) is 6.04. The molecular weight excluding hydrogens is 302 g/mol. The fourth-order valence-electron chi connectivity index (χ4n) is 3.16. The summed E-state index contributed by atoms with van der Waals surface area (Å²) >= 11 is 0. The van der Waals surface area contributed by atoms with Gasteiger partial charge < -0.3 is 14.4 Å². The average Bonchev–Trinajstić information content (AvgIpc) is 3.09. The highest BCUT2D eigenvalue weighted by Gasteiger charge is 2.28. The van der Waals surface area contributed by atoms with Crippen LogP contribution in [0.15, 0.2) is 54.6 Å². The Morgan fingerprint density at radius 2 is 1.79 bits per heavy atom. The van der Waals surface area contributed by atoms with Gasteiger partial charge in [0, 0.05) is 12.6 Å². The molecular formula is C20H23NO3. The Morgan fingerprint density at radius 3 is 2.50 bits per heavy atom. The van der Waals surface area contributed by atoms with E-state index in [1.54, 1.807) is 7.11 Å². The van der Waals surface area contributed by atoms with Crippen molar-refractivity contribution in [3.05, 3.63) is 60.2 Å². The zero-order valence-electron chi connectivity index (χ0n) is 14.0. The third kappa shape index (κ3) is 4.07. The highest BCUT2D eigenvalue weighted by Crippen LogP contribution is 2.22. The molecule has 1 aliphatic heterocycles. The molecule has 0 bridgehead atoms. The lowest BCUT2D eigenvalue weighted by molar-refractivity contribution is -0.134. The molecule has 0 N–H and O–H groups in total. The predicted octanol–water partition coefficient (Wildman–Crippen LogP) is 3.31. The SMILES string of the molecule is COc1ccc(OCC(=O)N2CCCC2Cc2ccccc2)cc1. The fourth-order valence-corrected chi connectivity index (χ4v) is 3.16. The summed E-state index contributed by atoms with van der Waals surface area (Å²) in [6, 6.07) is 17.9. The summed E-state index contributed by atoms with van der Waals surface area (Å²) in [5, 5.41) is 0. The van der Waals surface area contributed by atoms with E-state index in [0.29, 0.717) is 5.75 Å². The zero-order valence-corrected chi connectivity index (χ0v) is 14.0. The second kappa shape index (κ2) is 7.86. The summed E-state index contributed by atoms with van der Waals surface area (Å²) < 4.78 is 10.7. The molecule has 0 saturated carbocycles. The number of carbonyl (C=O) groups is 1. The quantitative estimate of drug-likeness (QED) is 0.818. The van der Waals surface area contributed by atoms with Gasteiger partial charge in [-0.2, -0.15) is 0 Å². The monoisotopic (exact) mass is 325 g/mol. The van der Waals surface area contributed by atoms with Gasteiger partial charge in [0.1, 0.15) is 11.5 Å². The van der Waals surface area contributed by atoms with Crippen molar-refractivity contribution in [3.63, 3.8) is 0 Å². The Kier molecular flexibility index (Phi) is 5.36. The van der Waals surface area contributed by atoms with E-state index in [1.165, 1.54) is 5.56 Å². The molecule has 0 aromatic heterocycles. The Bertz CT molecular complexity index is 654. The maximum Gasteiger partial charge on any atom is 0.260 e. The average molecular weight is 325 g/mol. The normalized spacial score (nSPS) is 16.9. The maximum atomic E-state index is 12.5. The van der Waals surface area contributed by atoms with Crippen molar-refractivity contribution >= 4 is 5.91 Å². The number of rotatable bonds is 6. The van der Waals surface area contributed by atoms with Crippen molar-refractivity contribution in [1.29, 1.82) is 0 Å². The van der Waals surface area contributed by atoms with Gasteiger partial charge in [0.15, 0.2) is 6.61 Å². The van der Waals surface area contributed by atoms with E-state index < -0.39 is 0 Å². The first kappa shape index (κ1) is 16.4. The number of carbonyl (C=O) groups excluding carboxylic acids is 1. The van der Waals surface area contributed by atoms with Gasteiger partial charge in [-0.1, -0.05) is 30.3 Å². The first-order chi connectivity index (χ1) is 11.8. The number of likely N-dealkylation sites (tertiary alicyclic amines) is 1. The highest BCUT2D eigenvalue weighted by atomic mass is 16.5. The molecule has 1 saturated heterocycles. The summed E-state index contributed by atoms with van der Waals surface area (Å²) in [7, 11) is 1.62. The Balaban J connectivity index is 1.55. The van der Waals surface area contributed by atoms with Gasteiger partial charge in [-0.15, -0.1) is 0 Å². The molecule has 1 heterocycles. The summed E-state index contributed by atoms with van der Waals surface area (Å²) in [4.78, 5) is 14.5. The van der Waals surface area contributed by atoms with Crippen LogP contribution in [0, 0.1) is 0 Å². The van der Waals surface area contributed by atoms with Gasteiger partial charge in [0.2, 0.25) is 0 Å². The lowest BCUT2D eigenvalue weighted by atomic mass is 10.0. The smallest absolute Gasteiger partial charge is 0.260 e. The minimum atomic E-state index is 0.0595. The van der Waals surface area contributed by atoms with Crippen LogP contribution in [0.4, 0.5) is 0 Å². The zero-order chi connectivity index (χ0) is 16.8. The summed E-state index contributed by atoms with van der Waals surface area (Å²) in [6.45, 7) is 0.903. The molecule has 4 heteroatoms. The summed E-state index contributed by atoms with van der Waals surface area (Å²) in [5.41, 5.74) is 1.28. The molecule has 2 aromatic carbocycles. The topological polar surface area (TPSA) is 38.8 Å². The Labute approximate surface area is 143 Å². The molecule has 126 valence electrons. The molecule has 0 radical (unpaired) electrons. The summed E-state index contributed by atoms with van der Waals surface area (Å²) in [6.07, 6.45) is 3.03. The molecule has 1 unspecified atom stereocenters. The third-order valence-electron chi connectivity index (χ3n) is 4.43. The van der Waals surface area contributed by atoms with Gasteiger partial charge in [-0.3, -0.25) is 4.79 Å². The molecule has 1 aliphatic rings. The van der Waals surface area contributed by atoms with Crippen molar-refractivity contribution in [2.45, 2.75) is 25.3 Å². The van der Waals surface area contributed by atoms with Crippen LogP contribution >= 0.6 is 0 Å². The van der Waals surface area contributed by atoms with E-state index in [2.05, 4.69) is 12.1 Å². The second-order valence-electron chi connectivity index (χ2n) is 6.04. The van der Waals surface area contributed by atoms with Crippen LogP contribution < -0.4 is 9.47 Å². The standard InChI is InChI=1S/C20H23NO3/c1-23-18-9-11-19(12-10-18)24-15-20(22)21-13-5-8-17(21)14-16-6-3-2-4-7-16/h2-4,6-7,9-12,17H,5,8,13-15H2,1H3. The lowest BCUT2D eigenvalue weighted by Gasteiger charge is -2.25. The van der Waals surface area contributed by atoms with Crippen LogP contribution in [0.1, 0.15) is 18.4 Å². The molecule has 3 rings (SSSR count). The van der Waals surface area contributed by atoms with Crippen molar-refractivity contribution in [3.8, 4) is 11.5 Å². The Morgan fingerprint density at radius 1 is 1.08 bits per heavy atom. The van der Waals surface area contributed by atoms with Gasteiger partial charge in [0.05, 0.1) is 7.11 Å². The fraction of sp³-hybridized carbons (Fsp3) is 0.350. The van der Waals surface area contributed by atoms with E-state index in [4.69, 9.17) is 9.47 Å². The minimum absolute atomic E-state index is 0.0595. The Hall–Kier alpha value is -2.49. The van der Waals surface area contributed by atoms with Crippen molar-refractivity contribution in [1.82, 2.24) is 4.90 Å². The van der Waals surface area contributed by atoms with Gasteiger partial charge >= 0.3 is 0 Å². The van der Waals surface area contributed by atoms with Crippen LogP contribution in [0.3, 0.4) is 0 Å². The van der Waals surface area contributed by atoms with E-state index in [9.17, 15) is 4.79 Å².